The van der Waals surface area contributed by atoms with E-state index in [2.05, 4.69) is 10.6 Å². The minimum Gasteiger partial charge on any atom is -0.491 e. The molecule has 2 atom stereocenters. The van der Waals surface area contributed by atoms with Gasteiger partial charge in [-0.05, 0) is 56.1 Å². The Morgan fingerprint density at radius 2 is 2.17 bits per heavy atom. The van der Waals surface area contributed by atoms with Gasteiger partial charge in [0.05, 0.1) is 0 Å². The highest BCUT2D eigenvalue weighted by molar-refractivity contribution is 5.85. The molecule has 1 aliphatic heterocycles. The lowest BCUT2D eigenvalue weighted by Crippen LogP contribution is -2.35. The van der Waals surface area contributed by atoms with Crippen molar-refractivity contribution in [2.24, 2.45) is 5.92 Å². The maximum absolute atomic E-state index is 12.7. The summed E-state index contributed by atoms with van der Waals surface area (Å²) in [6.45, 7) is 2.23. The zero-order valence-corrected chi connectivity index (χ0v) is 13.8. The molecule has 3 N–H and O–H groups in total. The summed E-state index contributed by atoms with van der Waals surface area (Å²) in [6.07, 6.45) is 1.70. The molecule has 0 saturated carbocycles. The molecule has 2 rings (SSSR count). The van der Waals surface area contributed by atoms with Crippen molar-refractivity contribution < 1.29 is 19.0 Å². The number of amides is 1. The third-order valence-corrected chi connectivity index (χ3v) is 3.73. The first kappa shape index (κ1) is 19.7. The van der Waals surface area contributed by atoms with Crippen LogP contribution in [0.25, 0.3) is 0 Å². The first-order valence-electron chi connectivity index (χ1n) is 7.67. The lowest BCUT2D eigenvalue weighted by molar-refractivity contribution is -0.121. The summed E-state index contributed by atoms with van der Waals surface area (Å²) < 4.78 is 18.0. The third-order valence-electron chi connectivity index (χ3n) is 3.73. The molecule has 2 unspecified atom stereocenters. The quantitative estimate of drug-likeness (QED) is 0.667. The van der Waals surface area contributed by atoms with Crippen LogP contribution in [0, 0.1) is 11.7 Å². The number of aliphatic hydroxyl groups is 1. The molecule has 1 fully saturated rings. The largest absolute Gasteiger partial charge is 0.491 e. The van der Waals surface area contributed by atoms with Gasteiger partial charge in [-0.3, -0.25) is 4.79 Å². The molecular formula is C16H24ClFN2O3. The lowest BCUT2D eigenvalue weighted by Gasteiger charge is -2.14. The Bertz CT molecular complexity index is 467. The van der Waals surface area contributed by atoms with E-state index >= 15 is 0 Å². The molecule has 1 aromatic carbocycles. The molecule has 1 amide bonds. The standard InChI is InChI=1S/C16H23FN2O3.ClH/c17-13-2-4-15(5-3-13)22-11-14(20)10-19-16(21)6-1-12-7-8-18-9-12;/h2-5,12,14,18,20H,1,6-11H2,(H,19,21);1H. The van der Waals surface area contributed by atoms with Gasteiger partial charge >= 0.3 is 0 Å². The average molecular weight is 347 g/mol. The van der Waals surface area contributed by atoms with Crippen molar-refractivity contribution in [3.63, 3.8) is 0 Å². The number of nitrogens with one attached hydrogen (secondary N) is 2. The van der Waals surface area contributed by atoms with Gasteiger partial charge in [-0.2, -0.15) is 0 Å². The van der Waals surface area contributed by atoms with Gasteiger partial charge in [0.25, 0.3) is 0 Å². The molecule has 1 heterocycles. The second-order valence-corrected chi connectivity index (χ2v) is 5.62. The number of halogens is 2. The van der Waals surface area contributed by atoms with Crippen LogP contribution in [0.3, 0.4) is 0 Å². The Morgan fingerprint density at radius 3 is 2.83 bits per heavy atom. The first-order chi connectivity index (χ1) is 10.6. The van der Waals surface area contributed by atoms with Gasteiger partial charge < -0.3 is 20.5 Å². The van der Waals surface area contributed by atoms with Crippen molar-refractivity contribution >= 4 is 18.3 Å². The maximum atomic E-state index is 12.7. The van der Waals surface area contributed by atoms with E-state index in [-0.39, 0.29) is 37.3 Å². The van der Waals surface area contributed by atoms with Crippen LogP contribution in [-0.2, 0) is 4.79 Å². The van der Waals surface area contributed by atoms with Gasteiger partial charge in [0, 0.05) is 13.0 Å². The Balaban J connectivity index is 0.00000264. The topological polar surface area (TPSA) is 70.6 Å². The predicted molar refractivity (Wildman–Crippen MR) is 88.4 cm³/mol. The second-order valence-electron chi connectivity index (χ2n) is 5.62. The Morgan fingerprint density at radius 1 is 1.43 bits per heavy atom. The van der Waals surface area contributed by atoms with E-state index in [9.17, 15) is 14.3 Å². The molecule has 130 valence electrons. The summed E-state index contributed by atoms with van der Waals surface area (Å²) >= 11 is 0. The van der Waals surface area contributed by atoms with Crippen LogP contribution >= 0.6 is 12.4 Å². The molecule has 0 bridgehead atoms. The van der Waals surface area contributed by atoms with Crippen molar-refractivity contribution in [1.29, 1.82) is 0 Å². The van der Waals surface area contributed by atoms with E-state index in [0.717, 1.165) is 25.9 Å². The summed E-state index contributed by atoms with van der Waals surface area (Å²) in [5, 5.41) is 15.7. The van der Waals surface area contributed by atoms with Crippen molar-refractivity contribution in [3.05, 3.63) is 30.1 Å². The normalized spacial score (nSPS) is 18.1. The van der Waals surface area contributed by atoms with E-state index in [1.165, 1.54) is 24.3 Å². The van der Waals surface area contributed by atoms with Crippen LogP contribution in [0.4, 0.5) is 4.39 Å². The van der Waals surface area contributed by atoms with Crippen LogP contribution in [0.5, 0.6) is 5.75 Å². The van der Waals surface area contributed by atoms with Crippen LogP contribution in [0.15, 0.2) is 24.3 Å². The Labute approximate surface area is 142 Å². The smallest absolute Gasteiger partial charge is 0.220 e. The minimum atomic E-state index is -0.790. The molecule has 1 aromatic rings. The van der Waals surface area contributed by atoms with Gasteiger partial charge in [-0.15, -0.1) is 12.4 Å². The fraction of sp³-hybridized carbons (Fsp3) is 0.562. The third kappa shape index (κ3) is 7.63. The zero-order chi connectivity index (χ0) is 15.8. The summed E-state index contributed by atoms with van der Waals surface area (Å²) in [6, 6.07) is 5.58. The number of hydrogen-bond acceptors (Lipinski definition) is 4. The second kappa shape index (κ2) is 10.4. The van der Waals surface area contributed by atoms with E-state index in [1.807, 2.05) is 0 Å². The van der Waals surface area contributed by atoms with E-state index in [1.54, 1.807) is 0 Å². The van der Waals surface area contributed by atoms with Crippen molar-refractivity contribution in [3.8, 4) is 5.75 Å². The van der Waals surface area contributed by atoms with Gasteiger partial charge in [0.2, 0.25) is 5.91 Å². The van der Waals surface area contributed by atoms with E-state index in [0.29, 0.717) is 18.1 Å². The van der Waals surface area contributed by atoms with Crippen LogP contribution in [-0.4, -0.2) is 43.4 Å². The van der Waals surface area contributed by atoms with Crippen molar-refractivity contribution in [2.75, 3.05) is 26.2 Å². The van der Waals surface area contributed by atoms with Crippen LogP contribution in [0.1, 0.15) is 19.3 Å². The molecule has 1 saturated heterocycles. The Kier molecular flexibility index (Phi) is 8.91. The van der Waals surface area contributed by atoms with Gasteiger partial charge in [-0.1, -0.05) is 0 Å². The lowest BCUT2D eigenvalue weighted by atomic mass is 10.0. The van der Waals surface area contributed by atoms with Gasteiger partial charge in [0.1, 0.15) is 24.3 Å². The summed E-state index contributed by atoms with van der Waals surface area (Å²) in [5.74, 6) is 0.684. The fourth-order valence-corrected chi connectivity index (χ4v) is 2.40. The molecule has 1 aliphatic rings. The highest BCUT2D eigenvalue weighted by Crippen LogP contribution is 2.14. The first-order valence-corrected chi connectivity index (χ1v) is 7.67. The van der Waals surface area contributed by atoms with Crippen molar-refractivity contribution in [1.82, 2.24) is 10.6 Å². The van der Waals surface area contributed by atoms with Crippen molar-refractivity contribution in [2.45, 2.75) is 25.4 Å². The Hall–Kier alpha value is -1.37. The highest BCUT2D eigenvalue weighted by atomic mass is 35.5. The molecule has 0 radical (unpaired) electrons. The summed E-state index contributed by atoms with van der Waals surface area (Å²) in [4.78, 5) is 11.7. The van der Waals surface area contributed by atoms with Gasteiger partial charge in [-0.25, -0.2) is 4.39 Å². The summed E-state index contributed by atoms with van der Waals surface area (Å²) in [7, 11) is 0. The maximum Gasteiger partial charge on any atom is 0.220 e. The fourth-order valence-electron chi connectivity index (χ4n) is 2.40. The number of carbonyl (C=O) groups excluding carboxylic acids is 1. The number of ether oxygens (including phenoxy) is 1. The number of carbonyl (C=O) groups is 1. The molecule has 23 heavy (non-hydrogen) atoms. The monoisotopic (exact) mass is 346 g/mol. The average Bonchev–Trinajstić information content (AvgIpc) is 3.04. The molecular weight excluding hydrogens is 323 g/mol. The molecule has 7 heteroatoms. The van der Waals surface area contributed by atoms with Gasteiger partial charge in [0.15, 0.2) is 0 Å². The number of hydrogen-bond donors (Lipinski definition) is 3. The zero-order valence-electron chi connectivity index (χ0n) is 13.0. The molecule has 0 aliphatic carbocycles. The number of benzene rings is 1. The predicted octanol–water partition coefficient (Wildman–Crippen LogP) is 1.49. The van der Waals surface area contributed by atoms with E-state index < -0.39 is 6.10 Å². The van der Waals surface area contributed by atoms with Crippen LogP contribution in [0.2, 0.25) is 0 Å². The molecule has 5 nitrogen and oxygen atoms in total. The minimum absolute atomic E-state index is 0. The SMILES string of the molecule is Cl.O=C(CCC1CCNC1)NCC(O)COc1ccc(F)cc1. The summed E-state index contributed by atoms with van der Waals surface area (Å²) in [5.41, 5.74) is 0. The number of rotatable bonds is 8. The van der Waals surface area contributed by atoms with Crippen LogP contribution < -0.4 is 15.4 Å². The number of aliphatic hydroxyl groups excluding tert-OH is 1. The van der Waals surface area contributed by atoms with E-state index in [4.69, 9.17) is 4.74 Å². The molecule has 0 aromatic heterocycles. The molecule has 0 spiro atoms. The highest BCUT2D eigenvalue weighted by Gasteiger charge is 2.16.